The van der Waals surface area contributed by atoms with Gasteiger partial charge in [-0.25, -0.2) is 4.79 Å². The summed E-state index contributed by atoms with van der Waals surface area (Å²) in [6.45, 7) is 2.50. The molecule has 0 bridgehead atoms. The quantitative estimate of drug-likeness (QED) is 0.665. The first-order valence-corrected chi connectivity index (χ1v) is 7.47. The van der Waals surface area contributed by atoms with Crippen molar-refractivity contribution in [1.82, 2.24) is 0 Å². The molecule has 116 valence electrons. The molecule has 3 heteroatoms. The van der Waals surface area contributed by atoms with Crippen molar-refractivity contribution in [1.29, 1.82) is 0 Å². The van der Waals surface area contributed by atoms with E-state index >= 15 is 0 Å². The second kappa shape index (κ2) is 6.53. The monoisotopic (exact) mass is 306 g/mol. The van der Waals surface area contributed by atoms with Crippen LogP contribution in [0.5, 0.6) is 5.75 Å². The highest BCUT2D eigenvalue weighted by molar-refractivity contribution is 5.90. The van der Waals surface area contributed by atoms with Gasteiger partial charge in [0.15, 0.2) is 0 Å². The van der Waals surface area contributed by atoms with E-state index in [2.05, 4.69) is 24.3 Å². The summed E-state index contributed by atoms with van der Waals surface area (Å²) in [7, 11) is 1.38. The van der Waals surface area contributed by atoms with Crippen LogP contribution in [-0.2, 0) is 11.3 Å². The lowest BCUT2D eigenvalue weighted by Crippen LogP contribution is -2.02. The largest absolute Gasteiger partial charge is 0.488 e. The molecule has 0 unspecified atom stereocenters. The zero-order valence-electron chi connectivity index (χ0n) is 13.2. The topological polar surface area (TPSA) is 35.5 Å². The van der Waals surface area contributed by atoms with E-state index in [4.69, 9.17) is 9.47 Å². The molecule has 0 aromatic heterocycles. The SMILES string of the molecule is COC(=O)c1ccc(COc2c(C)ccc3ccccc23)cc1. The molecule has 0 heterocycles. The van der Waals surface area contributed by atoms with E-state index in [-0.39, 0.29) is 5.97 Å². The molecule has 3 nitrogen and oxygen atoms in total. The van der Waals surface area contributed by atoms with Crippen LogP contribution in [0.2, 0.25) is 0 Å². The fourth-order valence-electron chi connectivity index (χ4n) is 2.55. The predicted octanol–water partition coefficient (Wildman–Crippen LogP) is 4.51. The number of ether oxygens (including phenoxy) is 2. The fourth-order valence-corrected chi connectivity index (χ4v) is 2.55. The Balaban J connectivity index is 1.81. The number of benzene rings is 3. The van der Waals surface area contributed by atoms with Crippen molar-refractivity contribution < 1.29 is 14.3 Å². The Morgan fingerprint density at radius 2 is 1.70 bits per heavy atom. The lowest BCUT2D eigenvalue weighted by atomic mass is 10.1. The minimum absolute atomic E-state index is 0.331. The summed E-state index contributed by atoms with van der Waals surface area (Å²) in [5.41, 5.74) is 2.65. The third-order valence-corrected chi connectivity index (χ3v) is 3.83. The molecule has 0 spiro atoms. The van der Waals surface area contributed by atoms with E-state index in [9.17, 15) is 4.79 Å². The van der Waals surface area contributed by atoms with Crippen molar-refractivity contribution >= 4 is 16.7 Å². The van der Waals surface area contributed by atoms with Gasteiger partial charge in [0, 0.05) is 5.39 Å². The second-order valence-electron chi connectivity index (χ2n) is 5.41. The maximum atomic E-state index is 11.4. The molecule has 0 aliphatic carbocycles. The van der Waals surface area contributed by atoms with Gasteiger partial charge in [-0.15, -0.1) is 0 Å². The van der Waals surface area contributed by atoms with Crippen molar-refractivity contribution in [2.45, 2.75) is 13.5 Å². The Morgan fingerprint density at radius 3 is 2.43 bits per heavy atom. The molecule has 3 aromatic carbocycles. The third kappa shape index (κ3) is 3.19. The maximum absolute atomic E-state index is 11.4. The Morgan fingerprint density at radius 1 is 0.957 bits per heavy atom. The Hall–Kier alpha value is -2.81. The summed E-state index contributed by atoms with van der Waals surface area (Å²) in [6, 6.07) is 19.6. The molecular weight excluding hydrogens is 288 g/mol. The fraction of sp³-hybridized carbons (Fsp3) is 0.150. The summed E-state index contributed by atoms with van der Waals surface area (Å²) in [5.74, 6) is 0.572. The van der Waals surface area contributed by atoms with Gasteiger partial charge in [0.1, 0.15) is 12.4 Å². The number of hydrogen-bond donors (Lipinski definition) is 0. The van der Waals surface area contributed by atoms with Crippen LogP contribution in [0, 0.1) is 6.92 Å². The summed E-state index contributed by atoms with van der Waals surface area (Å²) in [5, 5.41) is 2.27. The Labute approximate surface area is 135 Å². The van der Waals surface area contributed by atoms with Crippen LogP contribution >= 0.6 is 0 Å². The van der Waals surface area contributed by atoms with Gasteiger partial charge in [0.05, 0.1) is 12.7 Å². The summed E-state index contributed by atoms with van der Waals surface area (Å²) >= 11 is 0. The molecule has 0 aliphatic rings. The molecule has 0 aliphatic heterocycles. The zero-order valence-corrected chi connectivity index (χ0v) is 13.2. The number of esters is 1. The zero-order chi connectivity index (χ0) is 16.2. The van der Waals surface area contributed by atoms with Crippen LogP contribution in [0.1, 0.15) is 21.5 Å². The molecule has 3 aromatic rings. The van der Waals surface area contributed by atoms with Gasteiger partial charge in [-0.1, -0.05) is 48.5 Å². The average Bonchev–Trinajstić information content (AvgIpc) is 2.60. The molecule has 0 radical (unpaired) electrons. The summed E-state index contributed by atoms with van der Waals surface area (Å²) in [6.07, 6.45) is 0. The standard InChI is InChI=1S/C20H18O3/c1-14-7-10-16-5-3-4-6-18(16)19(14)23-13-15-8-11-17(12-9-15)20(21)22-2/h3-12H,13H2,1-2H3. The molecule has 23 heavy (non-hydrogen) atoms. The molecule has 0 saturated heterocycles. The van der Waals surface area contributed by atoms with Crippen molar-refractivity contribution in [3.05, 3.63) is 77.4 Å². The Bertz CT molecular complexity index is 835. The highest BCUT2D eigenvalue weighted by Crippen LogP contribution is 2.30. The minimum Gasteiger partial charge on any atom is -0.488 e. The van der Waals surface area contributed by atoms with Crippen LogP contribution in [-0.4, -0.2) is 13.1 Å². The van der Waals surface area contributed by atoms with Crippen molar-refractivity contribution in [2.24, 2.45) is 0 Å². The highest BCUT2D eigenvalue weighted by atomic mass is 16.5. The number of methoxy groups -OCH3 is 1. The van der Waals surface area contributed by atoms with Gasteiger partial charge in [-0.05, 0) is 35.6 Å². The smallest absolute Gasteiger partial charge is 0.337 e. The van der Waals surface area contributed by atoms with E-state index in [1.807, 2.05) is 31.2 Å². The predicted molar refractivity (Wildman–Crippen MR) is 90.8 cm³/mol. The molecular formula is C20H18O3. The van der Waals surface area contributed by atoms with Gasteiger partial charge in [0.25, 0.3) is 0 Å². The molecule has 0 atom stereocenters. The first-order chi connectivity index (χ1) is 11.2. The van der Waals surface area contributed by atoms with Crippen molar-refractivity contribution in [3.8, 4) is 5.75 Å². The lowest BCUT2D eigenvalue weighted by molar-refractivity contribution is 0.0600. The van der Waals surface area contributed by atoms with Crippen LogP contribution in [0.4, 0.5) is 0 Å². The maximum Gasteiger partial charge on any atom is 0.337 e. The number of fused-ring (bicyclic) bond motifs is 1. The third-order valence-electron chi connectivity index (χ3n) is 3.83. The van der Waals surface area contributed by atoms with E-state index in [0.29, 0.717) is 12.2 Å². The molecule has 0 saturated carbocycles. The van der Waals surface area contributed by atoms with Crippen molar-refractivity contribution in [2.75, 3.05) is 7.11 Å². The van der Waals surface area contributed by atoms with Gasteiger partial charge in [0.2, 0.25) is 0 Å². The second-order valence-corrected chi connectivity index (χ2v) is 5.41. The molecule has 0 N–H and O–H groups in total. The molecule has 0 fully saturated rings. The van der Waals surface area contributed by atoms with Gasteiger partial charge >= 0.3 is 5.97 Å². The van der Waals surface area contributed by atoms with E-state index < -0.39 is 0 Å². The van der Waals surface area contributed by atoms with E-state index in [1.165, 1.54) is 7.11 Å². The first-order valence-electron chi connectivity index (χ1n) is 7.47. The van der Waals surface area contributed by atoms with Crippen LogP contribution in [0.15, 0.2) is 60.7 Å². The number of hydrogen-bond acceptors (Lipinski definition) is 3. The number of carbonyl (C=O) groups excluding carboxylic acids is 1. The van der Waals surface area contributed by atoms with Crippen LogP contribution in [0.3, 0.4) is 0 Å². The van der Waals surface area contributed by atoms with Crippen molar-refractivity contribution in [3.63, 3.8) is 0 Å². The normalized spacial score (nSPS) is 10.5. The minimum atomic E-state index is -0.331. The van der Waals surface area contributed by atoms with Crippen LogP contribution in [0.25, 0.3) is 10.8 Å². The van der Waals surface area contributed by atoms with Gasteiger partial charge in [-0.3, -0.25) is 0 Å². The van der Waals surface area contributed by atoms with E-state index in [0.717, 1.165) is 27.6 Å². The first kappa shape index (κ1) is 15.1. The number of rotatable bonds is 4. The Kier molecular flexibility index (Phi) is 4.29. The summed E-state index contributed by atoms with van der Waals surface area (Å²) in [4.78, 5) is 11.4. The lowest BCUT2D eigenvalue weighted by Gasteiger charge is -2.12. The molecule has 0 amide bonds. The van der Waals surface area contributed by atoms with E-state index in [1.54, 1.807) is 12.1 Å². The average molecular weight is 306 g/mol. The number of aryl methyl sites for hydroxylation is 1. The van der Waals surface area contributed by atoms with Gasteiger partial charge < -0.3 is 9.47 Å². The van der Waals surface area contributed by atoms with Crippen LogP contribution < -0.4 is 4.74 Å². The highest BCUT2D eigenvalue weighted by Gasteiger charge is 2.07. The van der Waals surface area contributed by atoms with Gasteiger partial charge in [-0.2, -0.15) is 0 Å². The summed E-state index contributed by atoms with van der Waals surface area (Å²) < 4.78 is 10.7. The molecule has 3 rings (SSSR count). The number of carbonyl (C=O) groups is 1.